The van der Waals surface area contributed by atoms with E-state index in [0.717, 1.165) is 18.3 Å². The average Bonchev–Trinajstić information content (AvgIpc) is 2.70. The summed E-state index contributed by atoms with van der Waals surface area (Å²) in [5.74, 6) is -1.43. The molecule has 13 heteroatoms. The Morgan fingerprint density at radius 2 is 1.58 bits per heavy atom. The second-order valence-corrected chi connectivity index (χ2v) is 7.89. The van der Waals surface area contributed by atoms with Crippen LogP contribution in [0.2, 0.25) is 20.1 Å². The number of amides is 3. The summed E-state index contributed by atoms with van der Waals surface area (Å²) in [5.41, 5.74) is -1.01. The van der Waals surface area contributed by atoms with Crippen LogP contribution in [0.1, 0.15) is 15.9 Å². The Balaban J connectivity index is 1.71. The van der Waals surface area contributed by atoms with Gasteiger partial charge in [-0.3, -0.25) is 10.1 Å². The monoisotopic (exact) mass is 537 g/mol. The van der Waals surface area contributed by atoms with Crippen molar-refractivity contribution >= 4 is 64.0 Å². The van der Waals surface area contributed by atoms with Crippen LogP contribution in [-0.4, -0.2) is 16.9 Å². The lowest BCUT2D eigenvalue weighted by Gasteiger charge is -2.13. The van der Waals surface area contributed by atoms with Gasteiger partial charge in [-0.2, -0.15) is 13.2 Å². The first-order valence-electron chi connectivity index (χ1n) is 8.72. The third kappa shape index (κ3) is 6.20. The van der Waals surface area contributed by atoms with E-state index in [2.05, 4.69) is 10.3 Å². The van der Waals surface area contributed by atoms with Crippen LogP contribution in [-0.2, 0) is 6.18 Å². The number of halogens is 7. The summed E-state index contributed by atoms with van der Waals surface area (Å²) in [5, 5.41) is 4.21. The molecule has 0 unspecified atom stereocenters. The summed E-state index contributed by atoms with van der Waals surface area (Å²) < 4.78 is 44.0. The molecule has 0 fully saturated rings. The number of anilines is 1. The number of rotatable bonds is 4. The van der Waals surface area contributed by atoms with Crippen LogP contribution in [0.25, 0.3) is 0 Å². The molecule has 33 heavy (non-hydrogen) atoms. The van der Waals surface area contributed by atoms with Gasteiger partial charge in [0.25, 0.3) is 5.91 Å². The molecule has 0 aliphatic rings. The van der Waals surface area contributed by atoms with Crippen molar-refractivity contribution in [1.82, 2.24) is 10.3 Å². The number of benzene rings is 2. The first kappa shape index (κ1) is 24.9. The summed E-state index contributed by atoms with van der Waals surface area (Å²) in [6, 6.07) is 7.18. The lowest BCUT2D eigenvalue weighted by molar-refractivity contribution is -0.137. The van der Waals surface area contributed by atoms with Crippen LogP contribution in [0.15, 0.2) is 48.7 Å². The second kappa shape index (κ2) is 10.0. The van der Waals surface area contributed by atoms with Crippen molar-refractivity contribution < 1.29 is 27.5 Å². The van der Waals surface area contributed by atoms with Gasteiger partial charge in [0.05, 0.1) is 38.1 Å². The van der Waals surface area contributed by atoms with E-state index in [-0.39, 0.29) is 43.0 Å². The van der Waals surface area contributed by atoms with Gasteiger partial charge in [-0.1, -0.05) is 52.5 Å². The fourth-order valence-corrected chi connectivity index (χ4v) is 3.40. The molecule has 0 saturated carbocycles. The molecule has 3 aromatic rings. The van der Waals surface area contributed by atoms with E-state index < -0.39 is 23.7 Å². The normalized spacial score (nSPS) is 11.1. The Morgan fingerprint density at radius 3 is 2.18 bits per heavy atom. The average molecular weight is 539 g/mol. The van der Waals surface area contributed by atoms with Crippen LogP contribution < -0.4 is 15.4 Å². The van der Waals surface area contributed by atoms with Crippen LogP contribution in [0.4, 0.5) is 23.7 Å². The fraction of sp³-hybridized carbons (Fsp3) is 0.0500. The minimum Gasteiger partial charge on any atom is -0.436 e. The van der Waals surface area contributed by atoms with Gasteiger partial charge in [0.2, 0.25) is 5.88 Å². The summed E-state index contributed by atoms with van der Waals surface area (Å²) in [6.07, 6.45) is -3.50. The third-order valence-corrected chi connectivity index (χ3v) is 5.16. The van der Waals surface area contributed by atoms with Crippen molar-refractivity contribution in [3.8, 4) is 11.6 Å². The van der Waals surface area contributed by atoms with Gasteiger partial charge in [0.1, 0.15) is 10.8 Å². The number of nitrogens with one attached hydrogen (secondary N) is 2. The molecule has 1 aromatic heterocycles. The van der Waals surface area contributed by atoms with Gasteiger partial charge in [-0.15, -0.1) is 0 Å². The highest BCUT2D eigenvalue weighted by atomic mass is 35.5. The van der Waals surface area contributed by atoms with E-state index in [1.165, 1.54) is 24.3 Å². The number of hydrogen-bond acceptors (Lipinski definition) is 4. The van der Waals surface area contributed by atoms with E-state index in [4.69, 9.17) is 51.1 Å². The first-order valence-corrected chi connectivity index (χ1v) is 10.2. The molecule has 3 rings (SSSR count). The van der Waals surface area contributed by atoms with Crippen molar-refractivity contribution in [2.75, 3.05) is 5.32 Å². The number of pyridine rings is 1. The molecule has 1 heterocycles. The smallest absolute Gasteiger partial charge is 0.416 e. The summed E-state index contributed by atoms with van der Waals surface area (Å²) in [4.78, 5) is 28.2. The van der Waals surface area contributed by atoms with E-state index in [1.807, 2.05) is 5.32 Å². The highest BCUT2D eigenvalue weighted by Gasteiger charge is 2.31. The third-order valence-electron chi connectivity index (χ3n) is 3.95. The molecule has 0 spiro atoms. The number of aromatic nitrogens is 1. The number of alkyl halides is 3. The predicted molar refractivity (Wildman–Crippen MR) is 119 cm³/mol. The zero-order valence-electron chi connectivity index (χ0n) is 15.9. The van der Waals surface area contributed by atoms with Crippen LogP contribution >= 0.6 is 46.4 Å². The Bertz CT molecular complexity index is 1220. The Labute approximate surface area is 204 Å². The number of carbonyl (C=O) groups excluding carboxylic acids is 2. The first-order chi connectivity index (χ1) is 15.5. The van der Waals surface area contributed by atoms with Gasteiger partial charge in [0.15, 0.2) is 0 Å². The summed E-state index contributed by atoms with van der Waals surface area (Å²) >= 11 is 23.8. The number of imide groups is 1. The van der Waals surface area contributed by atoms with Gasteiger partial charge in [0, 0.05) is 0 Å². The van der Waals surface area contributed by atoms with E-state index in [1.54, 1.807) is 0 Å². The highest BCUT2D eigenvalue weighted by molar-refractivity contribution is 6.40. The van der Waals surface area contributed by atoms with E-state index in [9.17, 15) is 22.8 Å². The molecule has 172 valence electrons. The maximum atomic E-state index is 12.9. The Hall–Kier alpha value is -2.72. The largest absolute Gasteiger partial charge is 0.436 e. The number of carbonyl (C=O) groups is 2. The fourth-order valence-electron chi connectivity index (χ4n) is 2.47. The quantitative estimate of drug-likeness (QED) is 0.361. The lowest BCUT2D eigenvalue weighted by atomic mass is 10.2. The van der Waals surface area contributed by atoms with Gasteiger partial charge >= 0.3 is 12.2 Å². The van der Waals surface area contributed by atoms with Gasteiger partial charge in [-0.05, 0) is 36.4 Å². The van der Waals surface area contributed by atoms with E-state index >= 15 is 0 Å². The van der Waals surface area contributed by atoms with Crippen LogP contribution in [0.3, 0.4) is 0 Å². The molecule has 0 saturated heterocycles. The number of ether oxygens (including phenoxy) is 1. The molecular formula is C20H10Cl4F3N3O3. The van der Waals surface area contributed by atoms with Crippen molar-refractivity contribution in [3.05, 3.63) is 79.9 Å². The molecule has 0 radical (unpaired) electrons. The molecule has 2 N–H and O–H groups in total. The minimum atomic E-state index is -4.60. The molecule has 0 atom stereocenters. The highest BCUT2D eigenvalue weighted by Crippen LogP contribution is 2.38. The van der Waals surface area contributed by atoms with Crippen LogP contribution in [0.5, 0.6) is 11.6 Å². The molecule has 0 aliphatic heterocycles. The Morgan fingerprint density at radius 1 is 0.909 bits per heavy atom. The topological polar surface area (TPSA) is 80.3 Å². The zero-order valence-corrected chi connectivity index (χ0v) is 19.0. The molecule has 3 amide bonds. The SMILES string of the molecule is O=C(NC(=O)c1c(Cl)cccc1Cl)Nc1cnc(Oc2cc(C(F)(F)F)ccc2Cl)c(Cl)c1. The second-order valence-electron chi connectivity index (χ2n) is 6.26. The van der Waals surface area contributed by atoms with Crippen LogP contribution in [0, 0.1) is 0 Å². The molecule has 6 nitrogen and oxygen atoms in total. The maximum Gasteiger partial charge on any atom is 0.416 e. The molecular weight excluding hydrogens is 529 g/mol. The molecule has 0 bridgehead atoms. The van der Waals surface area contributed by atoms with Crippen molar-refractivity contribution in [1.29, 1.82) is 0 Å². The molecule has 2 aromatic carbocycles. The standard InChI is InChI=1S/C20H10Cl4F3N3O3/c21-11-5-4-9(20(25,26)27)6-15(11)33-18-14(24)7-10(8-28-18)29-19(32)30-17(31)16-12(22)2-1-3-13(16)23/h1-8H,(H2,29,30,31,32). The van der Waals surface area contributed by atoms with Gasteiger partial charge < -0.3 is 10.1 Å². The minimum absolute atomic E-state index is 0.0484. The number of nitrogens with zero attached hydrogens (tertiary/aromatic N) is 1. The number of urea groups is 1. The zero-order chi connectivity index (χ0) is 24.3. The maximum absolute atomic E-state index is 12.9. The van der Waals surface area contributed by atoms with Crippen molar-refractivity contribution in [2.45, 2.75) is 6.18 Å². The predicted octanol–water partition coefficient (Wildman–Crippen LogP) is 7.47. The Kier molecular flexibility index (Phi) is 7.58. The lowest BCUT2D eigenvalue weighted by Crippen LogP contribution is -2.34. The van der Waals surface area contributed by atoms with Crippen molar-refractivity contribution in [2.24, 2.45) is 0 Å². The van der Waals surface area contributed by atoms with Gasteiger partial charge in [-0.25, -0.2) is 9.78 Å². The summed E-state index contributed by atoms with van der Waals surface area (Å²) in [6.45, 7) is 0. The number of hydrogen-bond donors (Lipinski definition) is 2. The van der Waals surface area contributed by atoms with Crippen molar-refractivity contribution in [3.63, 3.8) is 0 Å². The van der Waals surface area contributed by atoms with E-state index in [0.29, 0.717) is 6.07 Å². The summed E-state index contributed by atoms with van der Waals surface area (Å²) in [7, 11) is 0. The molecule has 0 aliphatic carbocycles.